The van der Waals surface area contributed by atoms with Crippen molar-refractivity contribution in [1.82, 2.24) is 15.4 Å². The average Bonchev–Trinajstić information content (AvgIpc) is 2.18. The van der Waals surface area contributed by atoms with Gasteiger partial charge in [0.1, 0.15) is 5.69 Å². The van der Waals surface area contributed by atoms with Gasteiger partial charge >= 0.3 is 0 Å². The fourth-order valence-corrected chi connectivity index (χ4v) is 1.12. The zero-order chi connectivity index (χ0) is 10.6. The molecule has 0 unspecified atom stereocenters. The van der Waals surface area contributed by atoms with E-state index in [4.69, 9.17) is 4.84 Å². The van der Waals surface area contributed by atoms with Gasteiger partial charge in [-0.25, -0.2) is 4.98 Å². The molecule has 1 rings (SSSR count). The maximum atomic E-state index is 5.14. The summed E-state index contributed by atoms with van der Waals surface area (Å²) in [5.41, 5.74) is 4.50. The average molecular weight is 195 g/mol. The van der Waals surface area contributed by atoms with E-state index in [1.165, 1.54) is 0 Å². The summed E-state index contributed by atoms with van der Waals surface area (Å²) in [6, 6.07) is 0. The van der Waals surface area contributed by atoms with Crippen LogP contribution in [0.5, 0.6) is 5.88 Å². The van der Waals surface area contributed by atoms with Gasteiger partial charge in [-0.05, 0) is 12.3 Å². The van der Waals surface area contributed by atoms with E-state index in [-0.39, 0.29) is 0 Å². The van der Waals surface area contributed by atoms with E-state index in [9.17, 15) is 0 Å². The monoisotopic (exact) mass is 195 g/mol. The van der Waals surface area contributed by atoms with Crippen molar-refractivity contribution in [2.24, 2.45) is 0 Å². The highest BCUT2D eigenvalue weighted by Crippen LogP contribution is 2.17. The lowest BCUT2D eigenvalue weighted by molar-refractivity contribution is 0.210. The lowest BCUT2D eigenvalue weighted by Crippen LogP contribution is -2.15. The molecule has 1 heterocycles. The molecule has 0 aliphatic heterocycles. The first kappa shape index (κ1) is 10.9. The van der Waals surface area contributed by atoms with Gasteiger partial charge in [0.15, 0.2) is 0 Å². The van der Waals surface area contributed by atoms with Crippen molar-refractivity contribution in [1.29, 1.82) is 0 Å². The third-order valence-electron chi connectivity index (χ3n) is 1.95. The molecule has 4 heteroatoms. The number of aromatic nitrogens is 2. The molecule has 0 amide bonds. The van der Waals surface area contributed by atoms with Crippen molar-refractivity contribution in [3.8, 4) is 5.88 Å². The van der Waals surface area contributed by atoms with Gasteiger partial charge in [0.2, 0.25) is 0 Å². The highest BCUT2D eigenvalue weighted by Gasteiger charge is 2.08. The van der Waals surface area contributed by atoms with E-state index < -0.39 is 0 Å². The van der Waals surface area contributed by atoms with Gasteiger partial charge in [0.05, 0.1) is 11.9 Å². The highest BCUT2D eigenvalue weighted by molar-refractivity contribution is 5.20. The van der Waals surface area contributed by atoms with Crippen molar-refractivity contribution in [3.63, 3.8) is 0 Å². The summed E-state index contributed by atoms with van der Waals surface area (Å²) in [7, 11) is 1.71. The van der Waals surface area contributed by atoms with E-state index in [1.807, 2.05) is 6.92 Å². The van der Waals surface area contributed by atoms with E-state index in [0.717, 1.165) is 17.8 Å². The van der Waals surface area contributed by atoms with Gasteiger partial charge in [0.25, 0.3) is 5.88 Å². The van der Waals surface area contributed by atoms with Crippen LogP contribution in [0.15, 0.2) is 6.20 Å². The number of nitrogens with zero attached hydrogens (tertiary/aromatic N) is 2. The molecule has 0 saturated heterocycles. The van der Waals surface area contributed by atoms with Gasteiger partial charge < -0.3 is 4.84 Å². The Hall–Kier alpha value is -1.16. The van der Waals surface area contributed by atoms with Gasteiger partial charge in [0, 0.05) is 7.05 Å². The Balaban J connectivity index is 2.98. The largest absolute Gasteiger partial charge is 0.387 e. The number of hydroxylamine groups is 1. The van der Waals surface area contributed by atoms with Crippen LogP contribution in [0.3, 0.4) is 0 Å². The first-order chi connectivity index (χ1) is 6.69. The second-order valence-electron chi connectivity index (χ2n) is 3.36. The Morgan fingerprint density at radius 2 is 2.21 bits per heavy atom. The van der Waals surface area contributed by atoms with Gasteiger partial charge in [-0.2, -0.15) is 5.48 Å². The molecule has 0 spiro atoms. The Labute approximate surface area is 84.7 Å². The van der Waals surface area contributed by atoms with E-state index in [0.29, 0.717) is 11.8 Å². The summed E-state index contributed by atoms with van der Waals surface area (Å²) in [5.74, 6) is 0.968. The standard InChI is InChI=1S/C10H17N3O/c1-5-8-10(14-11-4)12-6-9(13-8)7(2)3/h6-7,11H,5H2,1-4H3. The number of rotatable bonds is 4. The molecule has 0 aromatic carbocycles. The lowest BCUT2D eigenvalue weighted by atomic mass is 10.1. The zero-order valence-corrected chi connectivity index (χ0v) is 9.16. The molecule has 0 atom stereocenters. The summed E-state index contributed by atoms with van der Waals surface area (Å²) in [4.78, 5) is 13.8. The van der Waals surface area contributed by atoms with Crippen molar-refractivity contribution in [3.05, 3.63) is 17.6 Å². The van der Waals surface area contributed by atoms with Crippen LogP contribution < -0.4 is 10.3 Å². The molecule has 0 bridgehead atoms. The van der Waals surface area contributed by atoms with Crippen molar-refractivity contribution in [2.45, 2.75) is 33.1 Å². The third kappa shape index (κ3) is 2.42. The Kier molecular flexibility index (Phi) is 3.83. The van der Waals surface area contributed by atoms with Crippen LogP contribution in [0, 0.1) is 0 Å². The van der Waals surface area contributed by atoms with Crippen LogP contribution >= 0.6 is 0 Å². The minimum atomic E-state index is 0.399. The molecular formula is C10H17N3O. The molecule has 0 aliphatic carbocycles. The maximum Gasteiger partial charge on any atom is 0.259 e. The minimum Gasteiger partial charge on any atom is -0.387 e. The van der Waals surface area contributed by atoms with Crippen LogP contribution in [0.1, 0.15) is 38.1 Å². The highest BCUT2D eigenvalue weighted by atomic mass is 16.6. The minimum absolute atomic E-state index is 0.399. The zero-order valence-electron chi connectivity index (χ0n) is 9.16. The molecular weight excluding hydrogens is 178 g/mol. The quantitative estimate of drug-likeness (QED) is 0.742. The molecule has 14 heavy (non-hydrogen) atoms. The topological polar surface area (TPSA) is 47.0 Å². The normalized spacial score (nSPS) is 10.6. The van der Waals surface area contributed by atoms with Crippen molar-refractivity contribution in [2.75, 3.05) is 7.05 Å². The molecule has 1 aromatic heterocycles. The lowest BCUT2D eigenvalue weighted by Gasteiger charge is -2.09. The molecule has 4 nitrogen and oxygen atoms in total. The fourth-order valence-electron chi connectivity index (χ4n) is 1.12. The van der Waals surface area contributed by atoms with Crippen molar-refractivity contribution < 1.29 is 4.84 Å². The second-order valence-corrected chi connectivity index (χ2v) is 3.36. The Morgan fingerprint density at radius 3 is 2.71 bits per heavy atom. The SMILES string of the molecule is CCc1nc(C(C)C)cnc1ONC. The van der Waals surface area contributed by atoms with Crippen LogP contribution in [-0.4, -0.2) is 17.0 Å². The molecule has 0 saturated carbocycles. The summed E-state index contributed by atoms with van der Waals surface area (Å²) < 4.78 is 0. The van der Waals surface area contributed by atoms with E-state index in [1.54, 1.807) is 13.2 Å². The molecule has 0 aliphatic rings. The third-order valence-corrected chi connectivity index (χ3v) is 1.95. The van der Waals surface area contributed by atoms with Crippen LogP contribution in [0.25, 0.3) is 0 Å². The van der Waals surface area contributed by atoms with Crippen LogP contribution in [-0.2, 0) is 6.42 Å². The second kappa shape index (κ2) is 4.91. The van der Waals surface area contributed by atoms with Crippen LogP contribution in [0.2, 0.25) is 0 Å². The number of nitrogens with one attached hydrogen (secondary N) is 1. The number of hydrogen-bond acceptors (Lipinski definition) is 4. The van der Waals surface area contributed by atoms with Crippen molar-refractivity contribution >= 4 is 0 Å². The smallest absolute Gasteiger partial charge is 0.259 e. The molecule has 1 N–H and O–H groups in total. The van der Waals surface area contributed by atoms with E-state index >= 15 is 0 Å². The summed E-state index contributed by atoms with van der Waals surface area (Å²) >= 11 is 0. The Bertz CT molecular complexity index is 299. The summed E-state index contributed by atoms with van der Waals surface area (Å²) in [5, 5.41) is 0. The first-order valence-electron chi connectivity index (χ1n) is 4.88. The van der Waals surface area contributed by atoms with Crippen LogP contribution in [0.4, 0.5) is 0 Å². The fraction of sp³-hybridized carbons (Fsp3) is 0.600. The predicted octanol–water partition coefficient (Wildman–Crippen LogP) is 1.68. The van der Waals surface area contributed by atoms with E-state index in [2.05, 4.69) is 29.3 Å². The molecule has 1 aromatic rings. The summed E-state index contributed by atoms with van der Waals surface area (Å²) in [6.45, 7) is 6.24. The molecule has 0 fully saturated rings. The number of aryl methyl sites for hydroxylation is 1. The number of hydrogen-bond donors (Lipinski definition) is 1. The predicted molar refractivity (Wildman–Crippen MR) is 55.2 cm³/mol. The molecule has 78 valence electrons. The molecule has 0 radical (unpaired) electrons. The maximum absolute atomic E-state index is 5.14. The summed E-state index contributed by atoms with van der Waals surface area (Å²) in [6.07, 6.45) is 2.58. The van der Waals surface area contributed by atoms with Gasteiger partial charge in [-0.3, -0.25) is 4.98 Å². The first-order valence-corrected chi connectivity index (χ1v) is 4.88. The Morgan fingerprint density at radius 1 is 1.50 bits per heavy atom. The van der Waals surface area contributed by atoms with Gasteiger partial charge in [-0.15, -0.1) is 0 Å². The van der Waals surface area contributed by atoms with Gasteiger partial charge in [-0.1, -0.05) is 20.8 Å².